The van der Waals surface area contributed by atoms with Crippen molar-refractivity contribution in [2.75, 3.05) is 12.0 Å². The number of amides is 2. The van der Waals surface area contributed by atoms with Crippen LogP contribution >= 0.6 is 0 Å². The van der Waals surface area contributed by atoms with Gasteiger partial charge in [-0.2, -0.15) is 5.10 Å². The minimum absolute atomic E-state index is 0.104. The van der Waals surface area contributed by atoms with Crippen LogP contribution in [-0.2, 0) is 9.59 Å². The number of hydrogen-bond donors (Lipinski definition) is 1. The van der Waals surface area contributed by atoms with Crippen LogP contribution in [0, 0.1) is 16.0 Å². The Morgan fingerprint density at radius 3 is 2.55 bits per heavy atom. The van der Waals surface area contributed by atoms with Gasteiger partial charge in [0.05, 0.1) is 17.7 Å². The number of Topliss-reactive ketones (excluding diaryl/α,β-unsaturated/α-hetero) is 1. The van der Waals surface area contributed by atoms with Gasteiger partial charge in [0.25, 0.3) is 11.6 Å². The molecule has 4 rings (SSSR count). The highest BCUT2D eigenvalue weighted by Gasteiger charge is 2.55. The second-order valence-corrected chi connectivity index (χ2v) is 6.43. The highest BCUT2D eigenvalue weighted by molar-refractivity contribution is 6.52. The summed E-state index contributed by atoms with van der Waals surface area (Å²) < 4.78 is 5.13. The number of non-ortho nitro benzene ring substituents is 1. The molecule has 10 heteroatoms. The summed E-state index contributed by atoms with van der Waals surface area (Å²) in [7, 11) is 1.47. The third kappa shape index (κ3) is 2.90. The molecule has 1 saturated heterocycles. The number of imide groups is 1. The Labute approximate surface area is 163 Å². The summed E-state index contributed by atoms with van der Waals surface area (Å²) in [6.07, 6.45) is 0. The van der Waals surface area contributed by atoms with Crippen molar-refractivity contribution in [1.29, 1.82) is 0 Å². The first-order valence-electron chi connectivity index (χ1n) is 8.56. The molecular formula is C19H14N4O6. The summed E-state index contributed by atoms with van der Waals surface area (Å²) >= 11 is 0. The molecule has 2 aromatic rings. The number of anilines is 1. The molecule has 0 bridgehead atoms. The van der Waals surface area contributed by atoms with Crippen molar-refractivity contribution < 1.29 is 24.0 Å². The number of hydrazone groups is 1. The van der Waals surface area contributed by atoms with Crippen LogP contribution in [-0.4, -0.2) is 41.4 Å². The van der Waals surface area contributed by atoms with Crippen LogP contribution < -0.4 is 15.1 Å². The summed E-state index contributed by atoms with van der Waals surface area (Å²) in [6, 6.07) is 10.4. The molecule has 0 saturated carbocycles. The van der Waals surface area contributed by atoms with Gasteiger partial charge in [-0.25, -0.2) is 4.90 Å². The standard InChI is InChI=1S/C19H14N4O6/c1-29-13-4-2-3-12(9-13)22-18(25)14-15(20-21-16(14)19(22)26)17(24)10-5-7-11(8-6-10)23(27)28/h2-9,14,16,21H,1H3. The SMILES string of the molecule is COc1cccc(N2C(=O)C3NN=C(C(=O)c4ccc([N+](=O)[O-])cc4)C3C2=O)c1. The quantitative estimate of drug-likeness (QED) is 0.350. The largest absolute Gasteiger partial charge is 0.497 e. The molecule has 0 spiro atoms. The molecule has 0 aromatic heterocycles. The number of hydrogen-bond acceptors (Lipinski definition) is 8. The number of nitro groups is 1. The molecule has 10 nitrogen and oxygen atoms in total. The normalized spacial score (nSPS) is 20.2. The van der Waals surface area contributed by atoms with E-state index in [1.165, 1.54) is 31.4 Å². The fraction of sp³-hybridized carbons (Fsp3) is 0.158. The zero-order valence-corrected chi connectivity index (χ0v) is 15.1. The molecule has 2 heterocycles. The van der Waals surface area contributed by atoms with E-state index in [-0.39, 0.29) is 17.0 Å². The van der Waals surface area contributed by atoms with E-state index in [9.17, 15) is 24.5 Å². The van der Waals surface area contributed by atoms with Crippen molar-refractivity contribution >= 4 is 34.7 Å². The van der Waals surface area contributed by atoms with Gasteiger partial charge in [-0.05, 0) is 24.3 Å². The van der Waals surface area contributed by atoms with Gasteiger partial charge < -0.3 is 4.74 Å². The Hall–Kier alpha value is -4.08. The summed E-state index contributed by atoms with van der Waals surface area (Å²) in [5, 5.41) is 14.7. The Bertz CT molecular complexity index is 1080. The zero-order valence-electron chi connectivity index (χ0n) is 15.1. The molecule has 2 aliphatic heterocycles. The number of ether oxygens (including phenoxy) is 1. The van der Waals surface area contributed by atoms with Crippen molar-refractivity contribution in [2.45, 2.75) is 6.04 Å². The second kappa shape index (κ2) is 6.82. The predicted octanol–water partition coefficient (Wildman–Crippen LogP) is 1.30. The number of methoxy groups -OCH3 is 1. The lowest BCUT2D eigenvalue weighted by molar-refractivity contribution is -0.384. The van der Waals surface area contributed by atoms with Gasteiger partial charge in [0.15, 0.2) is 0 Å². The third-order valence-electron chi connectivity index (χ3n) is 4.81. The Balaban J connectivity index is 1.63. The first-order chi connectivity index (χ1) is 13.9. The summed E-state index contributed by atoms with van der Waals surface area (Å²) in [4.78, 5) is 49.8. The second-order valence-electron chi connectivity index (χ2n) is 6.43. The number of ketones is 1. The summed E-state index contributed by atoms with van der Waals surface area (Å²) in [5.41, 5.74) is 2.77. The molecule has 0 aliphatic carbocycles. The Morgan fingerprint density at radius 1 is 1.17 bits per heavy atom. The van der Waals surface area contributed by atoms with Crippen molar-refractivity contribution in [2.24, 2.45) is 11.0 Å². The lowest BCUT2D eigenvalue weighted by atomic mass is 9.92. The Kier molecular flexibility index (Phi) is 4.30. The van der Waals surface area contributed by atoms with E-state index in [1.807, 2.05) is 0 Å². The van der Waals surface area contributed by atoms with Crippen LogP contribution in [0.3, 0.4) is 0 Å². The number of nitrogens with one attached hydrogen (secondary N) is 1. The van der Waals surface area contributed by atoms with E-state index in [1.54, 1.807) is 24.3 Å². The predicted molar refractivity (Wildman–Crippen MR) is 101 cm³/mol. The van der Waals surface area contributed by atoms with Crippen LogP contribution in [0.15, 0.2) is 53.6 Å². The topological polar surface area (TPSA) is 131 Å². The van der Waals surface area contributed by atoms with E-state index in [4.69, 9.17) is 4.74 Å². The monoisotopic (exact) mass is 394 g/mol. The van der Waals surface area contributed by atoms with Crippen molar-refractivity contribution in [3.63, 3.8) is 0 Å². The maximum Gasteiger partial charge on any atom is 0.269 e. The van der Waals surface area contributed by atoms with Gasteiger partial charge in [-0.15, -0.1) is 0 Å². The fourth-order valence-electron chi connectivity index (χ4n) is 3.36. The van der Waals surface area contributed by atoms with Gasteiger partial charge in [-0.1, -0.05) is 6.07 Å². The number of nitrogens with zero attached hydrogens (tertiary/aromatic N) is 3. The van der Waals surface area contributed by atoms with Crippen LogP contribution in [0.25, 0.3) is 0 Å². The molecule has 2 aliphatic rings. The lowest BCUT2D eigenvalue weighted by Crippen LogP contribution is -2.36. The van der Waals surface area contributed by atoms with Gasteiger partial charge in [-0.3, -0.25) is 29.9 Å². The van der Waals surface area contributed by atoms with E-state index in [0.29, 0.717) is 11.4 Å². The number of benzene rings is 2. The minimum Gasteiger partial charge on any atom is -0.497 e. The van der Waals surface area contributed by atoms with Crippen LogP contribution in [0.5, 0.6) is 5.75 Å². The van der Waals surface area contributed by atoms with Crippen LogP contribution in [0.4, 0.5) is 11.4 Å². The number of carbonyl (C=O) groups excluding carboxylic acids is 3. The number of carbonyl (C=O) groups is 3. The molecule has 2 atom stereocenters. The van der Waals surface area contributed by atoms with Crippen molar-refractivity contribution in [3.05, 3.63) is 64.2 Å². The molecule has 1 fully saturated rings. The first-order valence-corrected chi connectivity index (χ1v) is 8.56. The zero-order chi connectivity index (χ0) is 20.7. The number of rotatable bonds is 5. The minimum atomic E-state index is -1.07. The highest BCUT2D eigenvalue weighted by atomic mass is 16.6. The lowest BCUT2D eigenvalue weighted by Gasteiger charge is -2.16. The molecular weight excluding hydrogens is 380 g/mol. The summed E-state index contributed by atoms with van der Waals surface area (Å²) in [6.45, 7) is 0. The fourth-order valence-corrected chi connectivity index (χ4v) is 3.36. The molecule has 0 radical (unpaired) electrons. The van der Waals surface area contributed by atoms with E-state index in [0.717, 1.165) is 4.90 Å². The summed E-state index contributed by atoms with van der Waals surface area (Å²) in [5.74, 6) is -2.27. The van der Waals surface area contributed by atoms with Crippen LogP contribution in [0.2, 0.25) is 0 Å². The van der Waals surface area contributed by atoms with E-state index in [2.05, 4.69) is 10.5 Å². The molecule has 2 amide bonds. The average molecular weight is 394 g/mol. The molecule has 1 N–H and O–H groups in total. The maximum absolute atomic E-state index is 13.0. The number of nitro benzene ring substituents is 1. The Morgan fingerprint density at radius 2 is 1.90 bits per heavy atom. The van der Waals surface area contributed by atoms with E-state index < -0.39 is 34.5 Å². The molecule has 2 unspecified atom stereocenters. The van der Waals surface area contributed by atoms with Crippen molar-refractivity contribution in [3.8, 4) is 5.75 Å². The molecule has 29 heavy (non-hydrogen) atoms. The molecule has 146 valence electrons. The van der Waals surface area contributed by atoms with Gasteiger partial charge in [0, 0.05) is 23.8 Å². The average Bonchev–Trinajstić information content (AvgIpc) is 3.27. The van der Waals surface area contributed by atoms with Gasteiger partial charge in [0.2, 0.25) is 11.7 Å². The van der Waals surface area contributed by atoms with E-state index >= 15 is 0 Å². The van der Waals surface area contributed by atoms with Crippen LogP contribution in [0.1, 0.15) is 10.4 Å². The first kappa shape index (κ1) is 18.3. The van der Waals surface area contributed by atoms with Gasteiger partial charge >= 0.3 is 0 Å². The highest BCUT2D eigenvalue weighted by Crippen LogP contribution is 2.33. The number of fused-ring (bicyclic) bond motifs is 1. The molecule has 2 aromatic carbocycles. The van der Waals surface area contributed by atoms with Crippen molar-refractivity contribution in [1.82, 2.24) is 5.43 Å². The maximum atomic E-state index is 13.0. The smallest absolute Gasteiger partial charge is 0.269 e. The van der Waals surface area contributed by atoms with Gasteiger partial charge in [0.1, 0.15) is 23.4 Å². The third-order valence-corrected chi connectivity index (χ3v) is 4.81.